The summed E-state index contributed by atoms with van der Waals surface area (Å²) in [5.74, 6) is 0.0776. The number of carbonyl (C=O) groups is 2. The Bertz CT molecular complexity index is 819. The third-order valence-corrected chi connectivity index (χ3v) is 4.91. The van der Waals surface area contributed by atoms with Gasteiger partial charge in [0.05, 0.1) is 10.4 Å². The molecule has 2 rings (SSSR count). The number of aryl methyl sites for hydroxylation is 1. The second-order valence-corrected chi connectivity index (χ2v) is 8.18. The van der Waals surface area contributed by atoms with Crippen molar-refractivity contribution in [3.05, 3.63) is 63.6 Å². The smallest absolute Gasteiger partial charge is 0.276 e. The van der Waals surface area contributed by atoms with Crippen molar-refractivity contribution in [1.82, 2.24) is 10.9 Å². The molecule has 0 heterocycles. The molecule has 2 aromatic rings. The zero-order valence-electron chi connectivity index (χ0n) is 16.7. The maximum absolute atomic E-state index is 12.3. The number of halogens is 1. The van der Waals surface area contributed by atoms with Gasteiger partial charge >= 0.3 is 0 Å². The van der Waals surface area contributed by atoms with Gasteiger partial charge in [0.1, 0.15) is 5.75 Å². The molecule has 0 aliphatic heterocycles. The molecular formula is C22H27BrN2O3. The summed E-state index contributed by atoms with van der Waals surface area (Å²) in [5, 5.41) is 0. The number of hydrazine groups is 1. The molecule has 5 nitrogen and oxygen atoms in total. The lowest BCUT2D eigenvalue weighted by atomic mass is 9.96. The van der Waals surface area contributed by atoms with Crippen LogP contribution in [0.3, 0.4) is 0 Å². The van der Waals surface area contributed by atoms with Gasteiger partial charge in [0, 0.05) is 0 Å². The van der Waals surface area contributed by atoms with E-state index in [1.165, 1.54) is 5.56 Å². The molecule has 0 spiro atoms. The minimum absolute atomic E-state index is 0.194. The highest BCUT2D eigenvalue weighted by molar-refractivity contribution is 9.10. The van der Waals surface area contributed by atoms with Crippen LogP contribution in [0.5, 0.6) is 5.75 Å². The average molecular weight is 447 g/mol. The summed E-state index contributed by atoms with van der Waals surface area (Å²) in [7, 11) is 0. The number of benzene rings is 2. The van der Waals surface area contributed by atoms with Gasteiger partial charge in [0.15, 0.2) is 6.61 Å². The Kier molecular flexibility index (Phi) is 8.05. The zero-order chi connectivity index (χ0) is 20.7. The normalized spacial score (nSPS) is 11.8. The molecule has 0 fully saturated rings. The van der Waals surface area contributed by atoms with Gasteiger partial charge in [-0.25, -0.2) is 0 Å². The van der Waals surface area contributed by atoms with Crippen molar-refractivity contribution in [1.29, 1.82) is 0 Å². The summed E-state index contributed by atoms with van der Waals surface area (Å²) < 4.78 is 6.24. The van der Waals surface area contributed by atoms with Crippen LogP contribution in [0.2, 0.25) is 0 Å². The largest absolute Gasteiger partial charge is 0.483 e. The number of carbonyl (C=O) groups excluding carboxylic acids is 2. The van der Waals surface area contributed by atoms with Crippen molar-refractivity contribution in [3.63, 3.8) is 0 Å². The maximum Gasteiger partial charge on any atom is 0.276 e. The molecule has 2 amide bonds. The first kappa shape index (κ1) is 22.0. The van der Waals surface area contributed by atoms with E-state index in [1.807, 2.05) is 43.3 Å². The van der Waals surface area contributed by atoms with Gasteiger partial charge in [0.2, 0.25) is 5.91 Å². The molecule has 150 valence electrons. The Morgan fingerprint density at radius 1 is 1.04 bits per heavy atom. The number of hydrogen-bond donors (Lipinski definition) is 2. The molecule has 2 aromatic carbocycles. The van der Waals surface area contributed by atoms with Gasteiger partial charge in [-0.05, 0) is 70.9 Å². The van der Waals surface area contributed by atoms with Gasteiger partial charge in [-0.1, -0.05) is 44.2 Å². The van der Waals surface area contributed by atoms with E-state index in [0.29, 0.717) is 11.7 Å². The SMILES string of the molecule is Cc1ccc(OCC(=O)NNC(=O)C(C)c2ccc(CC(C)C)cc2)c(Br)c1. The molecule has 1 atom stereocenters. The van der Waals surface area contributed by atoms with E-state index >= 15 is 0 Å². The highest BCUT2D eigenvalue weighted by atomic mass is 79.9. The first-order valence-corrected chi connectivity index (χ1v) is 10.1. The number of ether oxygens (including phenoxy) is 1. The van der Waals surface area contributed by atoms with Crippen molar-refractivity contribution in [2.45, 2.75) is 40.0 Å². The van der Waals surface area contributed by atoms with Crippen LogP contribution in [0.15, 0.2) is 46.9 Å². The highest BCUT2D eigenvalue weighted by Gasteiger charge is 2.16. The van der Waals surface area contributed by atoms with E-state index in [-0.39, 0.29) is 18.4 Å². The van der Waals surface area contributed by atoms with Gasteiger partial charge < -0.3 is 4.74 Å². The number of amides is 2. The standard InChI is InChI=1S/C22H27BrN2O3/c1-14(2)11-17-6-8-18(9-7-17)16(4)22(27)25-24-21(26)13-28-20-10-5-15(3)12-19(20)23/h5-10,12,14,16H,11,13H2,1-4H3,(H,24,26)(H,25,27). The molecule has 6 heteroatoms. The van der Waals surface area contributed by atoms with Crippen LogP contribution in [-0.2, 0) is 16.0 Å². The lowest BCUT2D eigenvalue weighted by molar-refractivity contribution is -0.130. The van der Waals surface area contributed by atoms with E-state index in [0.717, 1.165) is 22.0 Å². The van der Waals surface area contributed by atoms with E-state index < -0.39 is 5.91 Å². The minimum atomic E-state index is -0.430. The molecule has 0 bridgehead atoms. The minimum Gasteiger partial charge on any atom is -0.483 e. The topological polar surface area (TPSA) is 67.4 Å². The van der Waals surface area contributed by atoms with Crippen molar-refractivity contribution in [3.8, 4) is 5.75 Å². The summed E-state index contributed by atoms with van der Waals surface area (Å²) in [6.45, 7) is 7.93. The lowest BCUT2D eigenvalue weighted by Crippen LogP contribution is -2.45. The molecule has 0 radical (unpaired) electrons. The number of hydrogen-bond acceptors (Lipinski definition) is 3. The lowest BCUT2D eigenvalue weighted by Gasteiger charge is -2.14. The first-order valence-electron chi connectivity index (χ1n) is 9.32. The van der Waals surface area contributed by atoms with Crippen molar-refractivity contribution in [2.24, 2.45) is 5.92 Å². The Morgan fingerprint density at radius 2 is 1.71 bits per heavy atom. The van der Waals surface area contributed by atoms with Crippen LogP contribution < -0.4 is 15.6 Å². The molecule has 0 aliphatic carbocycles. The van der Waals surface area contributed by atoms with E-state index in [1.54, 1.807) is 13.0 Å². The summed E-state index contributed by atoms with van der Waals surface area (Å²) in [6, 6.07) is 13.6. The molecule has 28 heavy (non-hydrogen) atoms. The van der Waals surface area contributed by atoms with Crippen LogP contribution in [0.1, 0.15) is 43.4 Å². The predicted octanol–water partition coefficient (Wildman–Crippen LogP) is 4.29. The maximum atomic E-state index is 12.3. The van der Waals surface area contributed by atoms with Crippen LogP contribution in [0.4, 0.5) is 0 Å². The van der Waals surface area contributed by atoms with Gasteiger partial charge in [-0.2, -0.15) is 0 Å². The monoisotopic (exact) mass is 446 g/mol. The third-order valence-electron chi connectivity index (χ3n) is 4.29. The Labute approximate surface area is 175 Å². The van der Waals surface area contributed by atoms with Crippen molar-refractivity contribution >= 4 is 27.7 Å². The fourth-order valence-electron chi connectivity index (χ4n) is 2.71. The molecule has 0 aromatic heterocycles. The summed E-state index contributed by atoms with van der Waals surface area (Å²) in [5.41, 5.74) is 8.09. The summed E-state index contributed by atoms with van der Waals surface area (Å²) in [6.07, 6.45) is 1.01. The van der Waals surface area contributed by atoms with Crippen molar-refractivity contribution in [2.75, 3.05) is 6.61 Å². The predicted molar refractivity (Wildman–Crippen MR) is 114 cm³/mol. The number of rotatable bonds is 7. The molecule has 1 unspecified atom stereocenters. The van der Waals surface area contributed by atoms with Gasteiger partial charge in [0.25, 0.3) is 5.91 Å². The quantitative estimate of drug-likeness (QED) is 0.623. The van der Waals surface area contributed by atoms with Crippen LogP contribution >= 0.6 is 15.9 Å². The Hall–Kier alpha value is -2.34. The van der Waals surface area contributed by atoms with Crippen LogP contribution in [0.25, 0.3) is 0 Å². The van der Waals surface area contributed by atoms with Gasteiger partial charge in [-0.15, -0.1) is 0 Å². The van der Waals surface area contributed by atoms with Crippen molar-refractivity contribution < 1.29 is 14.3 Å². The molecule has 0 saturated carbocycles. The van der Waals surface area contributed by atoms with Crippen LogP contribution in [0, 0.1) is 12.8 Å². The third kappa shape index (κ3) is 6.68. The van der Waals surface area contributed by atoms with Crippen LogP contribution in [-0.4, -0.2) is 18.4 Å². The van der Waals surface area contributed by atoms with E-state index in [9.17, 15) is 9.59 Å². The second kappa shape index (κ2) is 10.3. The highest BCUT2D eigenvalue weighted by Crippen LogP contribution is 2.25. The van der Waals surface area contributed by atoms with E-state index in [4.69, 9.17) is 4.74 Å². The fourth-order valence-corrected chi connectivity index (χ4v) is 3.31. The first-order chi connectivity index (χ1) is 13.3. The summed E-state index contributed by atoms with van der Waals surface area (Å²) in [4.78, 5) is 24.2. The Morgan fingerprint density at radius 3 is 2.32 bits per heavy atom. The Balaban J connectivity index is 1.81. The summed E-state index contributed by atoms with van der Waals surface area (Å²) >= 11 is 3.40. The number of nitrogens with one attached hydrogen (secondary N) is 2. The zero-order valence-corrected chi connectivity index (χ0v) is 18.3. The second-order valence-electron chi connectivity index (χ2n) is 7.32. The van der Waals surface area contributed by atoms with E-state index in [2.05, 4.69) is 40.6 Å². The average Bonchev–Trinajstić information content (AvgIpc) is 2.65. The van der Waals surface area contributed by atoms with Gasteiger partial charge in [-0.3, -0.25) is 20.4 Å². The molecule has 0 aliphatic rings. The molecule has 0 saturated heterocycles. The fraction of sp³-hybridized carbons (Fsp3) is 0.364. The molecule has 2 N–H and O–H groups in total. The molecular weight excluding hydrogens is 420 g/mol.